The summed E-state index contributed by atoms with van der Waals surface area (Å²) in [4.78, 5) is 21.0. The molecule has 0 saturated carbocycles. The van der Waals surface area contributed by atoms with Gasteiger partial charge >= 0.3 is 0 Å². The summed E-state index contributed by atoms with van der Waals surface area (Å²) >= 11 is 0. The zero-order valence-corrected chi connectivity index (χ0v) is 17.8. The highest BCUT2D eigenvalue weighted by molar-refractivity contribution is 5.75. The lowest BCUT2D eigenvalue weighted by molar-refractivity contribution is -0.129. The average molecular weight is 412 g/mol. The number of fused-ring (bicyclic) bond motifs is 2. The van der Waals surface area contributed by atoms with E-state index in [1.807, 2.05) is 4.90 Å². The fourth-order valence-corrected chi connectivity index (χ4v) is 4.89. The number of aryl methyl sites for hydroxylation is 1. The van der Waals surface area contributed by atoms with Crippen LogP contribution in [0.15, 0.2) is 12.3 Å². The van der Waals surface area contributed by atoms with Gasteiger partial charge in [-0.2, -0.15) is 5.10 Å². The molecule has 5 heterocycles. The molecule has 8 heteroatoms. The van der Waals surface area contributed by atoms with Gasteiger partial charge in [0.05, 0.1) is 37.3 Å². The van der Waals surface area contributed by atoms with Crippen molar-refractivity contribution in [1.29, 1.82) is 0 Å². The number of carbonyl (C=O) groups excluding carboxylic acids is 1. The Balaban J connectivity index is 1.60. The first-order valence-corrected chi connectivity index (χ1v) is 10.9. The van der Waals surface area contributed by atoms with Crippen molar-refractivity contribution in [3.8, 4) is 5.75 Å². The molecule has 0 spiro atoms. The highest BCUT2D eigenvalue weighted by atomic mass is 16.5. The van der Waals surface area contributed by atoms with Crippen molar-refractivity contribution in [1.82, 2.24) is 19.7 Å². The molecule has 1 fully saturated rings. The van der Waals surface area contributed by atoms with Crippen molar-refractivity contribution in [3.05, 3.63) is 29.2 Å². The van der Waals surface area contributed by atoms with Crippen LogP contribution in [0.2, 0.25) is 0 Å². The molecular formula is C22H29N5O3. The Morgan fingerprint density at radius 2 is 2.07 bits per heavy atom. The lowest BCUT2D eigenvalue weighted by Gasteiger charge is -2.32. The van der Waals surface area contributed by atoms with E-state index in [1.54, 1.807) is 20.2 Å². The molecule has 2 aromatic heterocycles. The highest BCUT2D eigenvalue weighted by Crippen LogP contribution is 2.39. The molecule has 2 aromatic rings. The Hall–Kier alpha value is -2.61. The number of methoxy groups -OCH3 is 1. The molecule has 3 aliphatic heterocycles. The molecule has 5 rings (SSSR count). The van der Waals surface area contributed by atoms with Gasteiger partial charge in [0.2, 0.25) is 5.91 Å². The van der Waals surface area contributed by atoms with Gasteiger partial charge in [0.15, 0.2) is 5.82 Å². The van der Waals surface area contributed by atoms with Crippen molar-refractivity contribution >= 4 is 17.4 Å². The maximum Gasteiger partial charge on any atom is 0.219 e. The van der Waals surface area contributed by atoms with Crippen molar-refractivity contribution in [3.63, 3.8) is 0 Å². The Morgan fingerprint density at radius 3 is 2.83 bits per heavy atom. The van der Waals surface area contributed by atoms with Gasteiger partial charge in [0, 0.05) is 57.0 Å². The third-order valence-corrected chi connectivity index (χ3v) is 6.55. The van der Waals surface area contributed by atoms with Crippen LogP contribution in [-0.2, 0) is 28.9 Å². The number of hydrogen-bond acceptors (Lipinski definition) is 6. The number of anilines is 2. The molecule has 30 heavy (non-hydrogen) atoms. The summed E-state index contributed by atoms with van der Waals surface area (Å²) in [5.41, 5.74) is 4.60. The lowest BCUT2D eigenvalue weighted by Crippen LogP contribution is -2.36. The summed E-state index contributed by atoms with van der Waals surface area (Å²) in [6, 6.07) is 2.42. The molecule has 0 aliphatic carbocycles. The Bertz CT molecular complexity index is 950. The van der Waals surface area contributed by atoms with Crippen LogP contribution in [-0.4, -0.2) is 59.0 Å². The lowest BCUT2D eigenvalue weighted by atomic mass is 10.0. The number of ether oxygens (including phenoxy) is 2. The van der Waals surface area contributed by atoms with Crippen LogP contribution in [0.25, 0.3) is 0 Å². The van der Waals surface area contributed by atoms with Crippen LogP contribution >= 0.6 is 0 Å². The summed E-state index contributed by atoms with van der Waals surface area (Å²) in [5, 5.41) is 5.17. The van der Waals surface area contributed by atoms with Gasteiger partial charge in [-0.25, -0.2) is 0 Å². The normalized spacial score (nSPS) is 19.4. The SMILES string of the molecule is COc1cnc2c(c1)N(c1nn(C3CCOCC3)c3c1CN(C(C)=O)CC3)CCC2. The van der Waals surface area contributed by atoms with E-state index in [0.29, 0.717) is 12.6 Å². The van der Waals surface area contributed by atoms with E-state index >= 15 is 0 Å². The van der Waals surface area contributed by atoms with Gasteiger partial charge in [-0.05, 0) is 25.7 Å². The number of carbonyl (C=O) groups is 1. The second-order valence-electron chi connectivity index (χ2n) is 8.32. The third-order valence-electron chi connectivity index (χ3n) is 6.55. The van der Waals surface area contributed by atoms with Gasteiger partial charge in [0.25, 0.3) is 0 Å². The first-order chi connectivity index (χ1) is 14.7. The van der Waals surface area contributed by atoms with Crippen LogP contribution in [0.4, 0.5) is 11.5 Å². The maximum atomic E-state index is 12.1. The highest BCUT2D eigenvalue weighted by Gasteiger charge is 2.33. The standard InChI is InChI=1S/C22H29N5O3/c1-15(28)25-9-5-20-18(14-25)22(24-27(20)16-6-10-30-11-7-16)26-8-3-4-19-21(26)12-17(29-2)13-23-19/h12-13,16H,3-11,14H2,1-2H3. The van der Waals surface area contributed by atoms with Crippen LogP contribution in [0, 0.1) is 0 Å². The minimum atomic E-state index is 0.118. The van der Waals surface area contributed by atoms with Gasteiger partial charge in [0.1, 0.15) is 5.75 Å². The minimum absolute atomic E-state index is 0.118. The molecule has 3 aliphatic rings. The molecule has 0 N–H and O–H groups in total. The summed E-state index contributed by atoms with van der Waals surface area (Å²) in [5.74, 6) is 1.84. The van der Waals surface area contributed by atoms with E-state index in [9.17, 15) is 4.79 Å². The Labute approximate surface area is 176 Å². The van der Waals surface area contributed by atoms with Crippen LogP contribution in [0.1, 0.15) is 49.2 Å². The first-order valence-electron chi connectivity index (χ1n) is 10.9. The molecule has 8 nitrogen and oxygen atoms in total. The molecular weight excluding hydrogens is 382 g/mol. The topological polar surface area (TPSA) is 72.7 Å². The molecule has 0 radical (unpaired) electrons. The fourth-order valence-electron chi connectivity index (χ4n) is 4.89. The van der Waals surface area contributed by atoms with Gasteiger partial charge in [-0.3, -0.25) is 14.5 Å². The molecule has 160 valence electrons. The summed E-state index contributed by atoms with van der Waals surface area (Å²) in [6.45, 7) is 5.47. The average Bonchev–Trinajstić information content (AvgIpc) is 3.17. The third kappa shape index (κ3) is 3.33. The molecule has 0 atom stereocenters. The zero-order chi connectivity index (χ0) is 20.7. The molecule has 0 bridgehead atoms. The number of pyridine rings is 1. The summed E-state index contributed by atoms with van der Waals surface area (Å²) in [7, 11) is 1.67. The van der Waals surface area contributed by atoms with Crippen molar-refractivity contribution in [2.45, 2.75) is 51.6 Å². The number of hydrogen-bond donors (Lipinski definition) is 0. The van der Waals surface area contributed by atoms with Gasteiger partial charge in [-0.15, -0.1) is 0 Å². The predicted molar refractivity (Wildman–Crippen MR) is 112 cm³/mol. The quantitative estimate of drug-likeness (QED) is 0.773. The van der Waals surface area contributed by atoms with E-state index in [0.717, 1.165) is 81.4 Å². The van der Waals surface area contributed by atoms with Crippen LogP contribution in [0.3, 0.4) is 0 Å². The second kappa shape index (κ2) is 7.91. The first kappa shape index (κ1) is 19.4. The molecule has 1 amide bonds. The van der Waals surface area contributed by atoms with Crippen LogP contribution < -0.4 is 9.64 Å². The summed E-state index contributed by atoms with van der Waals surface area (Å²) < 4.78 is 13.3. The predicted octanol–water partition coefficient (Wildman–Crippen LogP) is 2.63. The Kier molecular flexibility index (Phi) is 5.10. The van der Waals surface area contributed by atoms with Crippen LogP contribution in [0.5, 0.6) is 5.75 Å². The number of rotatable bonds is 3. The fraction of sp³-hybridized carbons (Fsp3) is 0.591. The summed E-state index contributed by atoms with van der Waals surface area (Å²) in [6.07, 6.45) is 6.58. The maximum absolute atomic E-state index is 12.1. The Morgan fingerprint density at radius 1 is 1.23 bits per heavy atom. The molecule has 0 aromatic carbocycles. The smallest absolute Gasteiger partial charge is 0.219 e. The van der Waals surface area contributed by atoms with E-state index in [2.05, 4.69) is 20.6 Å². The van der Waals surface area contributed by atoms with E-state index < -0.39 is 0 Å². The van der Waals surface area contributed by atoms with E-state index in [-0.39, 0.29) is 5.91 Å². The van der Waals surface area contributed by atoms with Crippen molar-refractivity contribution in [2.24, 2.45) is 0 Å². The van der Waals surface area contributed by atoms with Crippen molar-refractivity contribution < 1.29 is 14.3 Å². The van der Waals surface area contributed by atoms with Gasteiger partial charge < -0.3 is 19.3 Å². The van der Waals surface area contributed by atoms with E-state index in [1.165, 1.54) is 11.3 Å². The van der Waals surface area contributed by atoms with E-state index in [4.69, 9.17) is 14.6 Å². The second-order valence-corrected chi connectivity index (χ2v) is 8.32. The van der Waals surface area contributed by atoms with Crippen molar-refractivity contribution in [2.75, 3.05) is 38.3 Å². The molecule has 1 saturated heterocycles. The monoisotopic (exact) mass is 411 g/mol. The number of nitrogens with zero attached hydrogens (tertiary/aromatic N) is 5. The zero-order valence-electron chi connectivity index (χ0n) is 17.8. The number of aromatic nitrogens is 3. The molecule has 0 unspecified atom stereocenters. The van der Waals surface area contributed by atoms with Gasteiger partial charge in [-0.1, -0.05) is 0 Å². The number of amides is 1. The minimum Gasteiger partial charge on any atom is -0.495 e. The largest absolute Gasteiger partial charge is 0.495 e.